The number of benzene rings is 2. The van der Waals surface area contributed by atoms with Crippen LogP contribution < -0.4 is 5.32 Å². The van der Waals surface area contributed by atoms with Crippen LogP contribution in [0.1, 0.15) is 24.0 Å². The fraction of sp³-hybridized carbons (Fsp3) is 0.409. The molecule has 1 fully saturated rings. The van der Waals surface area contributed by atoms with E-state index in [1.807, 2.05) is 36.4 Å². The number of hydrogen-bond donors (Lipinski definition) is 1. The lowest BCUT2D eigenvalue weighted by Crippen LogP contribution is -2.49. The van der Waals surface area contributed by atoms with E-state index in [-0.39, 0.29) is 5.91 Å². The lowest BCUT2D eigenvalue weighted by atomic mass is 10.0. The Bertz CT molecular complexity index is 729. The predicted molar refractivity (Wildman–Crippen MR) is 111 cm³/mol. The predicted octanol–water partition coefficient (Wildman–Crippen LogP) is 3.38. The molecule has 2 aromatic carbocycles. The van der Waals surface area contributed by atoms with Crippen LogP contribution >= 0.6 is 11.6 Å². The highest BCUT2D eigenvalue weighted by atomic mass is 35.5. The molecule has 3 rings (SSSR count). The van der Waals surface area contributed by atoms with Gasteiger partial charge >= 0.3 is 0 Å². The first-order valence-electron chi connectivity index (χ1n) is 9.61. The molecular formula is C22H28ClN3O. The van der Waals surface area contributed by atoms with Gasteiger partial charge in [0.2, 0.25) is 5.91 Å². The zero-order chi connectivity index (χ0) is 19.1. The molecule has 1 saturated heterocycles. The first-order chi connectivity index (χ1) is 13.1. The number of halogens is 1. The van der Waals surface area contributed by atoms with Crippen molar-refractivity contribution in [3.63, 3.8) is 0 Å². The molecule has 0 unspecified atom stereocenters. The molecule has 1 N–H and O–H groups in total. The average Bonchev–Trinajstić information content (AvgIpc) is 2.68. The third-order valence-corrected chi connectivity index (χ3v) is 5.34. The van der Waals surface area contributed by atoms with E-state index in [4.69, 9.17) is 11.6 Å². The first-order valence-corrected chi connectivity index (χ1v) is 9.99. The van der Waals surface area contributed by atoms with Crippen molar-refractivity contribution in [3.05, 3.63) is 70.7 Å². The van der Waals surface area contributed by atoms with E-state index in [9.17, 15) is 4.79 Å². The number of nitrogens with zero attached hydrogens (tertiary/aromatic N) is 2. The van der Waals surface area contributed by atoms with Crippen LogP contribution in [0.3, 0.4) is 0 Å². The monoisotopic (exact) mass is 385 g/mol. The highest BCUT2D eigenvalue weighted by molar-refractivity contribution is 6.30. The largest absolute Gasteiger partial charge is 0.354 e. The third kappa shape index (κ3) is 6.35. The van der Waals surface area contributed by atoms with Crippen molar-refractivity contribution >= 4 is 17.5 Å². The van der Waals surface area contributed by atoms with Crippen LogP contribution in [-0.2, 0) is 11.3 Å². The fourth-order valence-electron chi connectivity index (χ4n) is 3.42. The summed E-state index contributed by atoms with van der Waals surface area (Å²) in [5, 5.41) is 3.86. The van der Waals surface area contributed by atoms with Crippen molar-refractivity contribution in [1.82, 2.24) is 15.1 Å². The van der Waals surface area contributed by atoms with Gasteiger partial charge in [-0.1, -0.05) is 61.0 Å². The van der Waals surface area contributed by atoms with Crippen molar-refractivity contribution in [2.45, 2.75) is 19.4 Å². The number of carbonyl (C=O) groups excluding carboxylic acids is 1. The molecule has 144 valence electrons. The molecule has 1 atom stereocenters. The summed E-state index contributed by atoms with van der Waals surface area (Å²) in [6.45, 7) is 7.99. The van der Waals surface area contributed by atoms with Gasteiger partial charge in [0, 0.05) is 44.3 Å². The normalized spacial score (nSPS) is 16.8. The van der Waals surface area contributed by atoms with E-state index in [1.165, 1.54) is 11.1 Å². The molecule has 0 aliphatic carbocycles. The van der Waals surface area contributed by atoms with Crippen LogP contribution in [0.15, 0.2) is 54.6 Å². The minimum absolute atomic E-state index is 0.112. The third-order valence-electron chi connectivity index (χ3n) is 5.10. The Kier molecular flexibility index (Phi) is 7.27. The summed E-state index contributed by atoms with van der Waals surface area (Å²) in [6.07, 6.45) is 0. The number of rotatable bonds is 7. The van der Waals surface area contributed by atoms with E-state index in [1.54, 1.807) is 0 Å². The molecule has 5 heteroatoms. The summed E-state index contributed by atoms with van der Waals surface area (Å²) in [5.74, 6) is 0.436. The van der Waals surface area contributed by atoms with Gasteiger partial charge in [-0.2, -0.15) is 0 Å². The molecule has 1 amide bonds. The first kappa shape index (κ1) is 19.9. The standard InChI is InChI=1S/C22H28ClN3O/c1-18(20-7-3-2-4-8-20)15-24-22(27)17-26-12-10-25(11-13-26)16-19-6-5-9-21(23)14-19/h2-9,14,18H,10-13,15-17H2,1H3,(H,24,27)/t18-/m1/s1. The van der Waals surface area contributed by atoms with Crippen molar-refractivity contribution in [2.75, 3.05) is 39.3 Å². The summed E-state index contributed by atoms with van der Waals surface area (Å²) in [5.41, 5.74) is 2.50. The smallest absolute Gasteiger partial charge is 0.234 e. The Hall–Kier alpha value is -1.88. The van der Waals surface area contributed by atoms with Crippen LogP contribution in [-0.4, -0.2) is 55.0 Å². The molecule has 4 nitrogen and oxygen atoms in total. The van der Waals surface area contributed by atoms with Gasteiger partial charge in [-0.3, -0.25) is 14.6 Å². The van der Waals surface area contributed by atoms with E-state index < -0.39 is 0 Å². The average molecular weight is 386 g/mol. The van der Waals surface area contributed by atoms with E-state index in [2.05, 4.69) is 40.2 Å². The molecule has 1 heterocycles. The van der Waals surface area contributed by atoms with Crippen LogP contribution in [0.4, 0.5) is 0 Å². The van der Waals surface area contributed by atoms with Crippen LogP contribution in [0, 0.1) is 0 Å². The molecular weight excluding hydrogens is 358 g/mol. The summed E-state index contributed by atoms with van der Waals surface area (Å²) >= 11 is 6.06. The lowest BCUT2D eigenvalue weighted by Gasteiger charge is -2.34. The van der Waals surface area contributed by atoms with Gasteiger partial charge in [0.25, 0.3) is 0 Å². The van der Waals surface area contributed by atoms with E-state index >= 15 is 0 Å². The zero-order valence-electron chi connectivity index (χ0n) is 15.9. The van der Waals surface area contributed by atoms with Crippen LogP contribution in [0.25, 0.3) is 0 Å². The minimum atomic E-state index is 0.112. The van der Waals surface area contributed by atoms with Gasteiger partial charge in [0.05, 0.1) is 6.54 Å². The van der Waals surface area contributed by atoms with Gasteiger partial charge in [0.1, 0.15) is 0 Å². The summed E-state index contributed by atoms with van der Waals surface area (Å²) in [7, 11) is 0. The Morgan fingerprint density at radius 2 is 1.74 bits per heavy atom. The highest BCUT2D eigenvalue weighted by Crippen LogP contribution is 2.14. The topological polar surface area (TPSA) is 35.6 Å². The van der Waals surface area contributed by atoms with Crippen molar-refractivity contribution in [2.24, 2.45) is 0 Å². The Balaban J connectivity index is 1.36. The van der Waals surface area contributed by atoms with Crippen LogP contribution in [0.5, 0.6) is 0 Å². The van der Waals surface area contributed by atoms with E-state index in [0.29, 0.717) is 19.0 Å². The fourth-order valence-corrected chi connectivity index (χ4v) is 3.64. The Morgan fingerprint density at radius 3 is 2.44 bits per heavy atom. The second-order valence-corrected chi connectivity index (χ2v) is 7.73. The van der Waals surface area contributed by atoms with Gasteiger partial charge in [0.15, 0.2) is 0 Å². The van der Waals surface area contributed by atoms with Gasteiger partial charge in [-0.15, -0.1) is 0 Å². The number of nitrogens with one attached hydrogen (secondary N) is 1. The summed E-state index contributed by atoms with van der Waals surface area (Å²) < 4.78 is 0. The van der Waals surface area contributed by atoms with E-state index in [0.717, 1.165) is 37.7 Å². The second kappa shape index (κ2) is 9.88. The van der Waals surface area contributed by atoms with Crippen molar-refractivity contribution in [1.29, 1.82) is 0 Å². The maximum atomic E-state index is 12.3. The lowest BCUT2D eigenvalue weighted by molar-refractivity contribution is -0.122. The maximum absolute atomic E-state index is 12.3. The molecule has 0 spiro atoms. The zero-order valence-corrected chi connectivity index (χ0v) is 16.7. The molecule has 27 heavy (non-hydrogen) atoms. The second-order valence-electron chi connectivity index (χ2n) is 7.30. The van der Waals surface area contributed by atoms with Crippen LogP contribution in [0.2, 0.25) is 5.02 Å². The number of piperazine rings is 1. The highest BCUT2D eigenvalue weighted by Gasteiger charge is 2.19. The maximum Gasteiger partial charge on any atom is 0.234 e. The van der Waals surface area contributed by atoms with Crippen molar-refractivity contribution in [3.8, 4) is 0 Å². The molecule has 0 radical (unpaired) electrons. The molecule has 0 aromatic heterocycles. The Morgan fingerprint density at radius 1 is 1.04 bits per heavy atom. The number of amides is 1. The molecule has 1 aliphatic heterocycles. The number of hydrogen-bond acceptors (Lipinski definition) is 3. The van der Waals surface area contributed by atoms with Crippen molar-refractivity contribution < 1.29 is 4.79 Å². The quantitative estimate of drug-likeness (QED) is 0.793. The molecule has 0 bridgehead atoms. The van der Waals surface area contributed by atoms with Gasteiger partial charge < -0.3 is 5.32 Å². The Labute approximate surface area is 167 Å². The summed E-state index contributed by atoms with van der Waals surface area (Å²) in [4.78, 5) is 16.9. The van der Waals surface area contributed by atoms with Gasteiger partial charge in [-0.05, 0) is 29.2 Å². The number of carbonyl (C=O) groups is 1. The summed E-state index contributed by atoms with van der Waals surface area (Å²) in [6, 6.07) is 18.3. The molecule has 1 aliphatic rings. The minimum Gasteiger partial charge on any atom is -0.354 e. The molecule has 0 saturated carbocycles. The van der Waals surface area contributed by atoms with Gasteiger partial charge in [-0.25, -0.2) is 0 Å². The molecule has 2 aromatic rings. The SMILES string of the molecule is C[C@H](CNC(=O)CN1CCN(Cc2cccc(Cl)c2)CC1)c1ccccc1.